The standard InChI is InChI=1S/C26H23BrF3N3O4/c1-3-36-22-13-18(12-21(27)23(22)37-15-17-6-4-16(2)5-7-17)14-31-33-25(35)24(34)32-20-10-8-19(9-11-20)26(28,29)30/h4-14H,3,15H2,1-2H3,(H,32,34)(H,33,35)/b31-14+. The number of hydrogen-bond donors (Lipinski definition) is 2. The quantitative estimate of drug-likeness (QED) is 0.200. The molecular weight excluding hydrogens is 555 g/mol. The Labute approximate surface area is 219 Å². The number of rotatable bonds is 8. The fourth-order valence-corrected chi connectivity index (χ4v) is 3.63. The van der Waals surface area contributed by atoms with Gasteiger partial charge in [0.2, 0.25) is 0 Å². The van der Waals surface area contributed by atoms with Crippen LogP contribution in [0.2, 0.25) is 0 Å². The summed E-state index contributed by atoms with van der Waals surface area (Å²) in [6.07, 6.45) is -3.20. The number of carbonyl (C=O) groups excluding carboxylic acids is 2. The van der Waals surface area contributed by atoms with Crippen LogP contribution in [0.5, 0.6) is 11.5 Å². The van der Waals surface area contributed by atoms with Gasteiger partial charge in [0, 0.05) is 5.69 Å². The number of nitrogens with one attached hydrogen (secondary N) is 2. The molecule has 11 heteroatoms. The van der Waals surface area contributed by atoms with Crippen molar-refractivity contribution in [2.45, 2.75) is 26.6 Å². The fourth-order valence-electron chi connectivity index (χ4n) is 3.05. The second-order valence-electron chi connectivity index (χ2n) is 7.77. The molecule has 3 aromatic carbocycles. The average Bonchev–Trinajstić information content (AvgIpc) is 2.84. The molecule has 0 heterocycles. The highest BCUT2D eigenvalue weighted by molar-refractivity contribution is 9.10. The van der Waals surface area contributed by atoms with E-state index in [9.17, 15) is 22.8 Å². The number of aryl methyl sites for hydroxylation is 1. The van der Waals surface area contributed by atoms with Gasteiger partial charge in [0.05, 0.1) is 22.9 Å². The minimum Gasteiger partial charge on any atom is -0.490 e. The van der Waals surface area contributed by atoms with E-state index >= 15 is 0 Å². The Balaban J connectivity index is 1.62. The summed E-state index contributed by atoms with van der Waals surface area (Å²) in [5.74, 6) is -1.23. The molecule has 0 saturated heterocycles. The highest BCUT2D eigenvalue weighted by Crippen LogP contribution is 2.37. The van der Waals surface area contributed by atoms with E-state index in [1.165, 1.54) is 6.21 Å². The lowest BCUT2D eigenvalue weighted by molar-refractivity contribution is -0.137. The maximum atomic E-state index is 12.6. The molecule has 0 aliphatic rings. The molecule has 0 aromatic heterocycles. The van der Waals surface area contributed by atoms with E-state index in [4.69, 9.17) is 9.47 Å². The van der Waals surface area contributed by atoms with Gasteiger partial charge >= 0.3 is 18.0 Å². The predicted octanol–water partition coefficient (Wildman–Crippen LogP) is 5.84. The van der Waals surface area contributed by atoms with Gasteiger partial charge in [-0.3, -0.25) is 9.59 Å². The van der Waals surface area contributed by atoms with Crippen molar-refractivity contribution in [2.24, 2.45) is 5.10 Å². The van der Waals surface area contributed by atoms with Crippen molar-refractivity contribution in [3.05, 3.63) is 87.4 Å². The fraction of sp³-hybridized carbons (Fsp3) is 0.192. The molecule has 2 N–H and O–H groups in total. The van der Waals surface area contributed by atoms with Crippen molar-refractivity contribution in [3.63, 3.8) is 0 Å². The summed E-state index contributed by atoms with van der Waals surface area (Å²) in [4.78, 5) is 24.0. The normalized spacial score (nSPS) is 11.3. The molecule has 2 amide bonds. The molecular formula is C26H23BrF3N3O4. The smallest absolute Gasteiger partial charge is 0.416 e. The monoisotopic (exact) mass is 577 g/mol. The number of hydrazone groups is 1. The van der Waals surface area contributed by atoms with E-state index in [1.54, 1.807) is 12.1 Å². The Bertz CT molecular complexity index is 1280. The van der Waals surface area contributed by atoms with Gasteiger partial charge in [0.25, 0.3) is 0 Å². The van der Waals surface area contributed by atoms with Gasteiger partial charge in [-0.1, -0.05) is 29.8 Å². The maximum absolute atomic E-state index is 12.6. The molecule has 37 heavy (non-hydrogen) atoms. The van der Waals surface area contributed by atoms with Crippen LogP contribution in [0.25, 0.3) is 0 Å². The lowest BCUT2D eigenvalue weighted by Crippen LogP contribution is -2.32. The van der Waals surface area contributed by atoms with Gasteiger partial charge in [-0.05, 0) is 77.3 Å². The topological polar surface area (TPSA) is 89.0 Å². The Morgan fingerprint density at radius 2 is 1.68 bits per heavy atom. The number of carbonyl (C=O) groups is 2. The first-order valence-corrected chi connectivity index (χ1v) is 11.8. The minimum absolute atomic E-state index is 0.0312. The van der Waals surface area contributed by atoms with Gasteiger partial charge in [-0.25, -0.2) is 5.43 Å². The van der Waals surface area contributed by atoms with Crippen LogP contribution in [-0.2, 0) is 22.4 Å². The van der Waals surface area contributed by atoms with Crippen LogP contribution in [0.3, 0.4) is 0 Å². The molecule has 0 radical (unpaired) electrons. The van der Waals surface area contributed by atoms with Crippen LogP contribution >= 0.6 is 15.9 Å². The summed E-state index contributed by atoms with van der Waals surface area (Å²) in [7, 11) is 0. The number of anilines is 1. The number of benzene rings is 3. The first kappa shape index (κ1) is 27.7. The molecule has 0 aliphatic heterocycles. The minimum atomic E-state index is -4.50. The molecule has 0 bridgehead atoms. The SMILES string of the molecule is CCOc1cc(/C=N/NC(=O)C(=O)Nc2ccc(C(F)(F)F)cc2)cc(Br)c1OCc1ccc(C)cc1. The maximum Gasteiger partial charge on any atom is 0.416 e. The third-order valence-corrected chi connectivity index (χ3v) is 5.48. The molecule has 7 nitrogen and oxygen atoms in total. The van der Waals surface area contributed by atoms with E-state index in [-0.39, 0.29) is 5.69 Å². The van der Waals surface area contributed by atoms with Crippen LogP contribution in [0.1, 0.15) is 29.2 Å². The van der Waals surface area contributed by atoms with Crippen LogP contribution < -0.4 is 20.2 Å². The van der Waals surface area contributed by atoms with Crippen molar-refractivity contribution in [1.82, 2.24) is 5.43 Å². The van der Waals surface area contributed by atoms with Crippen molar-refractivity contribution in [2.75, 3.05) is 11.9 Å². The van der Waals surface area contributed by atoms with Crippen molar-refractivity contribution in [3.8, 4) is 11.5 Å². The van der Waals surface area contributed by atoms with E-state index in [0.717, 1.165) is 35.4 Å². The Morgan fingerprint density at radius 1 is 1.00 bits per heavy atom. The molecule has 194 valence electrons. The number of alkyl halides is 3. The van der Waals surface area contributed by atoms with Crippen molar-refractivity contribution in [1.29, 1.82) is 0 Å². The molecule has 0 atom stereocenters. The van der Waals surface area contributed by atoms with E-state index in [2.05, 4.69) is 31.8 Å². The third-order valence-electron chi connectivity index (χ3n) is 4.89. The van der Waals surface area contributed by atoms with Gasteiger partial charge in [0.15, 0.2) is 11.5 Å². The number of nitrogens with zero attached hydrogens (tertiary/aromatic N) is 1. The van der Waals surface area contributed by atoms with Crippen LogP contribution in [0.15, 0.2) is 70.2 Å². The largest absolute Gasteiger partial charge is 0.490 e. The lowest BCUT2D eigenvalue weighted by atomic mass is 10.2. The van der Waals surface area contributed by atoms with Crippen molar-refractivity contribution < 1.29 is 32.2 Å². The highest BCUT2D eigenvalue weighted by atomic mass is 79.9. The molecule has 0 unspecified atom stereocenters. The number of amides is 2. The lowest BCUT2D eigenvalue weighted by Gasteiger charge is -2.15. The Kier molecular flexibility index (Phi) is 9.29. The van der Waals surface area contributed by atoms with Crippen LogP contribution in [0.4, 0.5) is 18.9 Å². The highest BCUT2D eigenvalue weighted by Gasteiger charge is 2.30. The van der Waals surface area contributed by atoms with Gasteiger partial charge < -0.3 is 14.8 Å². The summed E-state index contributed by atoms with van der Waals surface area (Å²) in [6.45, 7) is 4.54. The van der Waals surface area contributed by atoms with Gasteiger partial charge in [-0.15, -0.1) is 0 Å². The summed E-state index contributed by atoms with van der Waals surface area (Å²) in [5, 5.41) is 5.98. The van der Waals surface area contributed by atoms with Gasteiger partial charge in [0.1, 0.15) is 6.61 Å². The molecule has 3 rings (SSSR count). The third kappa shape index (κ3) is 8.07. The molecule has 3 aromatic rings. The van der Waals surface area contributed by atoms with Crippen molar-refractivity contribution >= 4 is 39.6 Å². The zero-order chi connectivity index (χ0) is 27.0. The van der Waals surface area contributed by atoms with E-state index in [0.29, 0.717) is 34.7 Å². The number of halogens is 4. The number of ether oxygens (including phenoxy) is 2. The zero-order valence-electron chi connectivity index (χ0n) is 19.9. The second-order valence-corrected chi connectivity index (χ2v) is 8.62. The average molecular weight is 578 g/mol. The van der Waals surface area contributed by atoms with E-state index in [1.807, 2.05) is 38.1 Å². The second kappa shape index (κ2) is 12.4. The zero-order valence-corrected chi connectivity index (χ0v) is 21.4. The summed E-state index contributed by atoms with van der Waals surface area (Å²) >= 11 is 3.46. The van der Waals surface area contributed by atoms with E-state index < -0.39 is 23.6 Å². The molecule has 0 saturated carbocycles. The van der Waals surface area contributed by atoms with Crippen LogP contribution in [0, 0.1) is 6.92 Å². The molecule has 0 aliphatic carbocycles. The first-order valence-electron chi connectivity index (χ1n) is 11.0. The first-order chi connectivity index (χ1) is 17.6. The molecule has 0 spiro atoms. The van der Waals surface area contributed by atoms with Gasteiger partial charge in [-0.2, -0.15) is 18.3 Å². The van der Waals surface area contributed by atoms with Crippen LogP contribution in [-0.4, -0.2) is 24.6 Å². The Hall–Kier alpha value is -3.86. The number of hydrogen-bond acceptors (Lipinski definition) is 5. The predicted molar refractivity (Wildman–Crippen MR) is 137 cm³/mol. The Morgan fingerprint density at radius 3 is 2.30 bits per heavy atom. The summed E-state index contributed by atoms with van der Waals surface area (Å²) in [6, 6.07) is 15.0. The molecule has 0 fully saturated rings. The summed E-state index contributed by atoms with van der Waals surface area (Å²) < 4.78 is 50.2. The summed E-state index contributed by atoms with van der Waals surface area (Å²) in [5.41, 5.74) is 3.91.